The fraction of sp³-hybridized carbons (Fsp3) is 0.310. The van der Waals surface area contributed by atoms with E-state index in [1.54, 1.807) is 0 Å². The highest BCUT2D eigenvalue weighted by atomic mass is 35.5. The summed E-state index contributed by atoms with van der Waals surface area (Å²) in [5.74, 6) is 0.0166. The van der Waals surface area contributed by atoms with Gasteiger partial charge in [-0.05, 0) is 56.5 Å². The van der Waals surface area contributed by atoms with Crippen LogP contribution in [0.2, 0.25) is 5.02 Å². The number of nitrogens with zero attached hydrogens (tertiary/aromatic N) is 6. The third-order valence-corrected chi connectivity index (χ3v) is 8.99. The summed E-state index contributed by atoms with van der Waals surface area (Å²) in [6.45, 7) is 9.38. The van der Waals surface area contributed by atoms with E-state index in [1.807, 2.05) is 42.0 Å². The number of benzene rings is 2. The maximum absolute atomic E-state index is 12.0. The van der Waals surface area contributed by atoms with Crippen LogP contribution in [0.5, 0.6) is 0 Å². The third kappa shape index (κ3) is 3.74. The van der Waals surface area contributed by atoms with Gasteiger partial charge in [0.15, 0.2) is 0 Å². The number of aromatic nitrogens is 6. The average molecular weight is 560 g/mol. The molecule has 7 rings (SSSR count). The SMILES string of the molecule is C=CC(=O)N1CC2(CC(n3nc(-c4ccc5c(cnn5C)c4)c(-c4c(Cl)c(C)cc5[nH]ncc45)c3C)C2)C1.S. The van der Waals surface area contributed by atoms with Crippen LogP contribution < -0.4 is 0 Å². The van der Waals surface area contributed by atoms with E-state index in [-0.39, 0.29) is 30.9 Å². The van der Waals surface area contributed by atoms with Gasteiger partial charge < -0.3 is 4.90 Å². The fourth-order valence-electron chi connectivity index (χ4n) is 6.55. The second-order valence-electron chi connectivity index (χ2n) is 11.0. The molecule has 0 bridgehead atoms. The quantitative estimate of drug-likeness (QED) is 0.286. The molecule has 1 aliphatic carbocycles. The zero-order valence-corrected chi connectivity index (χ0v) is 23.9. The van der Waals surface area contributed by atoms with Gasteiger partial charge in [-0.2, -0.15) is 28.8 Å². The summed E-state index contributed by atoms with van der Waals surface area (Å²) in [7, 11) is 1.95. The van der Waals surface area contributed by atoms with E-state index in [2.05, 4.69) is 51.7 Å². The van der Waals surface area contributed by atoms with Crippen molar-refractivity contribution >= 4 is 52.8 Å². The molecule has 200 valence electrons. The van der Waals surface area contributed by atoms with Crippen LogP contribution in [0.3, 0.4) is 0 Å². The van der Waals surface area contributed by atoms with Gasteiger partial charge in [0.1, 0.15) is 5.69 Å². The molecular weight excluding hydrogens is 530 g/mol. The van der Waals surface area contributed by atoms with E-state index in [9.17, 15) is 4.79 Å². The predicted octanol–water partition coefficient (Wildman–Crippen LogP) is 5.71. The summed E-state index contributed by atoms with van der Waals surface area (Å²) in [5.41, 5.74) is 8.21. The van der Waals surface area contributed by atoms with Gasteiger partial charge in [0, 0.05) is 58.7 Å². The van der Waals surface area contributed by atoms with Gasteiger partial charge in [0.2, 0.25) is 5.91 Å². The van der Waals surface area contributed by atoms with E-state index in [1.165, 1.54) is 6.08 Å². The van der Waals surface area contributed by atoms with E-state index in [4.69, 9.17) is 16.7 Å². The predicted molar refractivity (Wildman–Crippen MR) is 159 cm³/mol. The molecule has 1 aliphatic heterocycles. The summed E-state index contributed by atoms with van der Waals surface area (Å²) >= 11 is 7.03. The lowest BCUT2D eigenvalue weighted by atomic mass is 9.60. The minimum atomic E-state index is 0. The van der Waals surface area contributed by atoms with Crippen LogP contribution in [0.25, 0.3) is 44.2 Å². The molecule has 1 saturated heterocycles. The van der Waals surface area contributed by atoms with Crippen LogP contribution in [0, 0.1) is 19.3 Å². The van der Waals surface area contributed by atoms with Gasteiger partial charge in [0.25, 0.3) is 0 Å². The molecule has 2 fully saturated rings. The summed E-state index contributed by atoms with van der Waals surface area (Å²) in [6.07, 6.45) is 7.14. The Morgan fingerprint density at radius 3 is 2.69 bits per heavy atom. The van der Waals surface area contributed by atoms with E-state index in [0.29, 0.717) is 5.02 Å². The molecule has 39 heavy (non-hydrogen) atoms. The Balaban J connectivity index is 0.00000277. The number of likely N-dealkylation sites (tertiary alicyclic amines) is 1. The Hall–Kier alpha value is -3.56. The van der Waals surface area contributed by atoms with Crippen molar-refractivity contribution in [2.45, 2.75) is 32.7 Å². The van der Waals surface area contributed by atoms with Crippen LogP contribution in [0.1, 0.15) is 30.1 Å². The highest BCUT2D eigenvalue weighted by Crippen LogP contribution is 2.55. The number of H-pyrrole nitrogens is 1. The average Bonchev–Trinajstić information content (AvgIpc) is 3.56. The van der Waals surface area contributed by atoms with Crippen molar-refractivity contribution in [3.8, 4) is 22.4 Å². The second kappa shape index (κ2) is 8.99. The summed E-state index contributed by atoms with van der Waals surface area (Å²) in [4.78, 5) is 13.9. The molecule has 1 N–H and O–H groups in total. The van der Waals surface area contributed by atoms with Crippen molar-refractivity contribution in [2.24, 2.45) is 12.5 Å². The summed E-state index contributed by atoms with van der Waals surface area (Å²) < 4.78 is 4.06. The van der Waals surface area contributed by atoms with E-state index >= 15 is 0 Å². The van der Waals surface area contributed by atoms with Crippen molar-refractivity contribution < 1.29 is 4.79 Å². The van der Waals surface area contributed by atoms with Crippen molar-refractivity contribution in [3.63, 3.8) is 0 Å². The number of carbonyl (C=O) groups excluding carboxylic acids is 1. The van der Waals surface area contributed by atoms with E-state index < -0.39 is 0 Å². The maximum atomic E-state index is 12.0. The molecule has 0 unspecified atom stereocenters. The molecule has 8 nitrogen and oxygen atoms in total. The third-order valence-electron chi connectivity index (χ3n) is 8.51. The first-order valence-electron chi connectivity index (χ1n) is 12.8. The van der Waals surface area contributed by atoms with Gasteiger partial charge >= 0.3 is 0 Å². The Kier molecular flexibility index (Phi) is 5.93. The number of amides is 1. The van der Waals surface area contributed by atoms with Crippen LogP contribution in [-0.4, -0.2) is 53.7 Å². The second-order valence-corrected chi connectivity index (χ2v) is 11.3. The molecule has 0 atom stereocenters. The number of carbonyl (C=O) groups is 1. The van der Waals surface area contributed by atoms with Crippen molar-refractivity contribution in [1.29, 1.82) is 0 Å². The minimum Gasteiger partial charge on any atom is -0.338 e. The first kappa shape index (κ1) is 25.7. The monoisotopic (exact) mass is 559 g/mol. The normalized spacial score (nSPS) is 16.4. The lowest BCUT2D eigenvalue weighted by Crippen LogP contribution is -2.63. The van der Waals surface area contributed by atoms with Gasteiger partial charge in [-0.1, -0.05) is 24.2 Å². The van der Waals surface area contributed by atoms with Gasteiger partial charge in [0.05, 0.1) is 34.5 Å². The van der Waals surface area contributed by atoms with Gasteiger partial charge in [-0.3, -0.25) is 19.3 Å². The number of halogens is 1. The van der Waals surface area contributed by atoms with Gasteiger partial charge in [-0.25, -0.2) is 0 Å². The highest BCUT2D eigenvalue weighted by molar-refractivity contribution is 7.59. The zero-order valence-electron chi connectivity index (χ0n) is 22.1. The molecule has 1 spiro atoms. The zero-order chi connectivity index (χ0) is 26.3. The van der Waals surface area contributed by atoms with Crippen molar-refractivity contribution in [3.05, 3.63) is 65.6 Å². The molecule has 1 amide bonds. The Labute approximate surface area is 238 Å². The highest BCUT2D eigenvalue weighted by Gasteiger charge is 2.54. The number of fused-ring (bicyclic) bond motifs is 2. The fourth-order valence-corrected chi connectivity index (χ4v) is 6.80. The topological polar surface area (TPSA) is 84.6 Å². The molecule has 10 heteroatoms. The van der Waals surface area contributed by atoms with Gasteiger partial charge in [-0.15, -0.1) is 0 Å². The molecular formula is C29H30ClN7OS. The minimum absolute atomic E-state index is 0. The molecule has 1 saturated carbocycles. The molecule has 2 aromatic carbocycles. The summed E-state index contributed by atoms with van der Waals surface area (Å²) in [6, 6.07) is 8.68. The standard InChI is InChI=1S/C29H28ClN7O.H2S/c1-5-24(38)36-14-29(15-36)10-20(11-29)37-17(3)25(26-21-13-31-33-22(21)8-16(2)27(26)30)28(34-37)18-6-7-23-19(9-18)12-32-35(23)4;/h5-9,12-13,20H,1,10-11,14-15H2,2-4H3,(H,31,33);1H2. The molecule has 4 heterocycles. The Morgan fingerprint density at radius 1 is 1.18 bits per heavy atom. The number of hydrogen-bond donors (Lipinski definition) is 1. The molecule has 5 aromatic rings. The molecule has 0 radical (unpaired) electrons. The number of aromatic amines is 1. The lowest BCUT2D eigenvalue weighted by molar-refractivity contribution is -0.149. The lowest BCUT2D eigenvalue weighted by Gasteiger charge is -2.58. The Morgan fingerprint density at radius 2 is 1.95 bits per heavy atom. The number of hydrogen-bond acceptors (Lipinski definition) is 4. The number of aryl methyl sites for hydroxylation is 2. The first-order valence-corrected chi connectivity index (χ1v) is 13.2. The van der Waals surface area contributed by atoms with Crippen LogP contribution in [0.15, 0.2) is 49.3 Å². The Bertz CT molecular complexity index is 1780. The van der Waals surface area contributed by atoms with Crippen molar-refractivity contribution in [2.75, 3.05) is 13.1 Å². The van der Waals surface area contributed by atoms with Crippen LogP contribution in [0.4, 0.5) is 0 Å². The van der Waals surface area contributed by atoms with Crippen LogP contribution >= 0.6 is 25.1 Å². The maximum Gasteiger partial charge on any atom is 0.245 e. The largest absolute Gasteiger partial charge is 0.338 e. The smallest absolute Gasteiger partial charge is 0.245 e. The van der Waals surface area contributed by atoms with Crippen molar-refractivity contribution in [1.82, 2.24) is 34.7 Å². The summed E-state index contributed by atoms with van der Waals surface area (Å²) in [5, 5.41) is 19.9. The number of rotatable bonds is 4. The van der Waals surface area contributed by atoms with Crippen LogP contribution in [-0.2, 0) is 11.8 Å². The molecule has 3 aromatic heterocycles. The molecule has 2 aliphatic rings. The number of nitrogens with one attached hydrogen (secondary N) is 1. The first-order chi connectivity index (χ1) is 18.3. The van der Waals surface area contributed by atoms with E-state index in [0.717, 1.165) is 81.4 Å².